The first-order valence-electron chi connectivity index (χ1n) is 7.84. The highest BCUT2D eigenvalue weighted by molar-refractivity contribution is 5.89. The van der Waals surface area contributed by atoms with Crippen molar-refractivity contribution in [3.8, 4) is 0 Å². The molecule has 3 fully saturated rings. The van der Waals surface area contributed by atoms with Gasteiger partial charge in [-0.1, -0.05) is 0 Å². The lowest BCUT2D eigenvalue weighted by atomic mass is 9.97. The lowest BCUT2D eigenvalue weighted by Crippen LogP contribution is -2.44. The molecular formula is C15H24N2O3. The van der Waals surface area contributed by atoms with Crippen molar-refractivity contribution >= 4 is 11.8 Å². The number of likely N-dealkylation sites (tertiary alicyclic amines) is 2. The molecule has 0 aromatic rings. The minimum Gasteiger partial charge on any atom is -0.396 e. The van der Waals surface area contributed by atoms with Gasteiger partial charge in [0, 0.05) is 39.2 Å². The summed E-state index contributed by atoms with van der Waals surface area (Å²) in [6.45, 7) is 3.04. The van der Waals surface area contributed by atoms with Gasteiger partial charge in [0.15, 0.2) is 0 Å². The van der Waals surface area contributed by atoms with E-state index >= 15 is 0 Å². The fraction of sp³-hybridized carbons (Fsp3) is 0.867. The fourth-order valence-corrected chi connectivity index (χ4v) is 3.40. The second-order valence-corrected chi connectivity index (χ2v) is 6.62. The smallest absolute Gasteiger partial charge is 0.228 e. The molecule has 2 aliphatic heterocycles. The first-order chi connectivity index (χ1) is 9.67. The van der Waals surface area contributed by atoms with Crippen LogP contribution in [0.3, 0.4) is 0 Å². The summed E-state index contributed by atoms with van der Waals surface area (Å²) in [6, 6.07) is 0. The van der Waals surface area contributed by atoms with E-state index in [1.807, 2.05) is 9.80 Å². The first kappa shape index (κ1) is 13.9. The average Bonchev–Trinajstić information content (AvgIpc) is 3.21. The number of carbonyl (C=O) groups excluding carboxylic acids is 2. The second-order valence-electron chi connectivity index (χ2n) is 6.62. The molecule has 5 heteroatoms. The molecule has 2 atom stereocenters. The van der Waals surface area contributed by atoms with Crippen molar-refractivity contribution < 1.29 is 14.7 Å². The van der Waals surface area contributed by atoms with Crippen LogP contribution >= 0.6 is 0 Å². The third-order valence-corrected chi connectivity index (χ3v) is 4.83. The normalized spacial score (nSPS) is 30.9. The Labute approximate surface area is 119 Å². The summed E-state index contributed by atoms with van der Waals surface area (Å²) in [5.74, 6) is 1.01. The number of hydrogen-bond acceptors (Lipinski definition) is 3. The van der Waals surface area contributed by atoms with Gasteiger partial charge in [-0.3, -0.25) is 9.59 Å². The molecule has 0 aromatic carbocycles. The summed E-state index contributed by atoms with van der Waals surface area (Å²) >= 11 is 0. The van der Waals surface area contributed by atoms with Crippen molar-refractivity contribution in [1.29, 1.82) is 0 Å². The SMILES string of the molecule is O=C1CC(C(=O)N2CCCC(CO)C2)CN1CC1CC1. The zero-order valence-electron chi connectivity index (χ0n) is 12.0. The Balaban J connectivity index is 1.55. The zero-order chi connectivity index (χ0) is 14.1. The van der Waals surface area contributed by atoms with E-state index in [1.165, 1.54) is 12.8 Å². The Hall–Kier alpha value is -1.10. The number of carbonyl (C=O) groups is 2. The van der Waals surface area contributed by atoms with Crippen LogP contribution in [0.2, 0.25) is 0 Å². The van der Waals surface area contributed by atoms with Crippen LogP contribution in [-0.2, 0) is 9.59 Å². The molecule has 3 aliphatic rings. The molecule has 3 rings (SSSR count). The highest BCUT2D eigenvalue weighted by Crippen LogP contribution is 2.32. The minimum absolute atomic E-state index is 0.120. The zero-order valence-corrected chi connectivity index (χ0v) is 12.0. The van der Waals surface area contributed by atoms with Gasteiger partial charge < -0.3 is 14.9 Å². The molecule has 1 N–H and O–H groups in total. The maximum Gasteiger partial charge on any atom is 0.228 e. The van der Waals surface area contributed by atoms with Crippen LogP contribution in [0, 0.1) is 17.8 Å². The number of piperidine rings is 1. The summed E-state index contributed by atoms with van der Waals surface area (Å²) in [5.41, 5.74) is 0. The van der Waals surface area contributed by atoms with E-state index in [-0.39, 0.29) is 30.3 Å². The second kappa shape index (κ2) is 5.72. The maximum absolute atomic E-state index is 12.5. The summed E-state index contributed by atoms with van der Waals surface area (Å²) < 4.78 is 0. The largest absolute Gasteiger partial charge is 0.396 e. The maximum atomic E-state index is 12.5. The fourth-order valence-electron chi connectivity index (χ4n) is 3.40. The number of amides is 2. The van der Waals surface area contributed by atoms with E-state index < -0.39 is 0 Å². The molecule has 112 valence electrons. The van der Waals surface area contributed by atoms with Crippen LogP contribution < -0.4 is 0 Å². The lowest BCUT2D eigenvalue weighted by molar-refractivity contribution is -0.137. The molecule has 1 aliphatic carbocycles. The minimum atomic E-state index is -0.154. The van der Waals surface area contributed by atoms with Gasteiger partial charge in [-0.25, -0.2) is 0 Å². The number of nitrogens with zero attached hydrogens (tertiary/aromatic N) is 2. The summed E-state index contributed by atoms with van der Waals surface area (Å²) in [5, 5.41) is 9.25. The number of aliphatic hydroxyl groups excluding tert-OH is 1. The van der Waals surface area contributed by atoms with Gasteiger partial charge in [0.2, 0.25) is 11.8 Å². The van der Waals surface area contributed by atoms with Gasteiger partial charge in [0.05, 0.1) is 5.92 Å². The predicted octanol–water partition coefficient (Wildman–Crippen LogP) is 0.476. The summed E-state index contributed by atoms with van der Waals surface area (Å²) in [4.78, 5) is 28.2. The monoisotopic (exact) mass is 280 g/mol. The molecule has 20 heavy (non-hydrogen) atoms. The van der Waals surface area contributed by atoms with E-state index in [2.05, 4.69) is 0 Å². The Morgan fingerprint density at radius 1 is 1.20 bits per heavy atom. The summed E-state index contributed by atoms with van der Waals surface area (Å²) in [7, 11) is 0. The van der Waals surface area contributed by atoms with Gasteiger partial charge in [-0.15, -0.1) is 0 Å². The molecule has 0 spiro atoms. The molecule has 0 radical (unpaired) electrons. The Morgan fingerprint density at radius 3 is 2.70 bits per heavy atom. The summed E-state index contributed by atoms with van der Waals surface area (Å²) in [6.07, 6.45) is 4.80. The molecule has 0 aromatic heterocycles. The van der Waals surface area contributed by atoms with Crippen LogP contribution in [0.5, 0.6) is 0 Å². The lowest BCUT2D eigenvalue weighted by Gasteiger charge is -2.33. The Bertz CT molecular complexity index is 395. The van der Waals surface area contributed by atoms with Crippen LogP contribution in [0.25, 0.3) is 0 Å². The van der Waals surface area contributed by atoms with Crippen molar-refractivity contribution in [2.45, 2.75) is 32.1 Å². The van der Waals surface area contributed by atoms with Crippen LogP contribution in [0.4, 0.5) is 0 Å². The van der Waals surface area contributed by atoms with E-state index in [1.54, 1.807) is 0 Å². The third kappa shape index (κ3) is 2.97. The van der Waals surface area contributed by atoms with Crippen molar-refractivity contribution in [2.75, 3.05) is 32.8 Å². The predicted molar refractivity (Wildman–Crippen MR) is 73.8 cm³/mol. The number of rotatable bonds is 4. The Morgan fingerprint density at radius 2 is 2.00 bits per heavy atom. The van der Waals surface area contributed by atoms with Crippen LogP contribution in [0.15, 0.2) is 0 Å². The first-order valence-corrected chi connectivity index (χ1v) is 7.84. The molecule has 2 saturated heterocycles. The standard InChI is InChI=1S/C15H24N2O3/c18-10-12-2-1-5-16(8-12)15(20)13-6-14(19)17(9-13)7-11-3-4-11/h11-13,18H,1-10H2. The molecular weight excluding hydrogens is 256 g/mol. The van der Waals surface area contributed by atoms with E-state index in [9.17, 15) is 14.7 Å². The molecule has 2 unspecified atom stereocenters. The van der Waals surface area contributed by atoms with Gasteiger partial charge >= 0.3 is 0 Å². The van der Waals surface area contributed by atoms with Crippen molar-refractivity contribution in [3.63, 3.8) is 0 Å². The number of hydrogen-bond donors (Lipinski definition) is 1. The van der Waals surface area contributed by atoms with Crippen molar-refractivity contribution in [1.82, 2.24) is 9.80 Å². The molecule has 2 heterocycles. The van der Waals surface area contributed by atoms with Gasteiger partial charge in [0.25, 0.3) is 0 Å². The van der Waals surface area contributed by atoms with Crippen LogP contribution in [0.1, 0.15) is 32.1 Å². The van der Waals surface area contributed by atoms with Gasteiger partial charge in [0.1, 0.15) is 0 Å². The molecule has 1 saturated carbocycles. The van der Waals surface area contributed by atoms with Crippen molar-refractivity contribution in [3.05, 3.63) is 0 Å². The molecule has 5 nitrogen and oxygen atoms in total. The van der Waals surface area contributed by atoms with Gasteiger partial charge in [-0.05, 0) is 37.5 Å². The average molecular weight is 280 g/mol. The highest BCUT2D eigenvalue weighted by atomic mass is 16.3. The Kier molecular flexibility index (Phi) is 3.96. The highest BCUT2D eigenvalue weighted by Gasteiger charge is 2.39. The topological polar surface area (TPSA) is 60.9 Å². The van der Waals surface area contributed by atoms with E-state index in [0.717, 1.165) is 25.9 Å². The quantitative estimate of drug-likeness (QED) is 0.814. The van der Waals surface area contributed by atoms with Crippen LogP contribution in [-0.4, -0.2) is 59.5 Å². The van der Waals surface area contributed by atoms with Gasteiger partial charge in [-0.2, -0.15) is 0 Å². The van der Waals surface area contributed by atoms with E-state index in [4.69, 9.17) is 0 Å². The number of aliphatic hydroxyl groups is 1. The third-order valence-electron chi connectivity index (χ3n) is 4.83. The van der Waals surface area contributed by atoms with E-state index in [0.29, 0.717) is 25.4 Å². The van der Waals surface area contributed by atoms with Crippen molar-refractivity contribution in [2.24, 2.45) is 17.8 Å². The molecule has 2 amide bonds. The molecule has 0 bridgehead atoms.